The molecule has 0 radical (unpaired) electrons. The molecule has 0 fully saturated rings. The zero-order chi connectivity index (χ0) is 9.80. The van der Waals surface area contributed by atoms with Crippen molar-refractivity contribution >= 4 is 5.69 Å². The van der Waals surface area contributed by atoms with Gasteiger partial charge in [0.25, 0.3) is 0 Å². The van der Waals surface area contributed by atoms with Gasteiger partial charge >= 0.3 is 0 Å². The second kappa shape index (κ2) is 3.83. The Bertz CT molecular complexity index is 396. The molecule has 1 aromatic carbocycles. The molecule has 1 N–H and O–H groups in total. The summed E-state index contributed by atoms with van der Waals surface area (Å²) >= 11 is 0. The molecule has 4 nitrogen and oxygen atoms in total. The zero-order valence-electron chi connectivity index (χ0n) is 7.81. The maximum Gasteiger partial charge on any atom is 0.162 e. The lowest BCUT2D eigenvalue weighted by Gasteiger charge is -2.01. The average Bonchev–Trinajstić information content (AvgIpc) is 2.30. The van der Waals surface area contributed by atoms with Crippen molar-refractivity contribution in [1.29, 1.82) is 0 Å². The van der Waals surface area contributed by atoms with Crippen LogP contribution in [0.25, 0.3) is 11.4 Å². The van der Waals surface area contributed by atoms with E-state index in [1.165, 1.54) is 12.7 Å². The minimum absolute atomic E-state index is 0.697. The van der Waals surface area contributed by atoms with E-state index in [4.69, 9.17) is 0 Å². The van der Waals surface area contributed by atoms with Crippen LogP contribution in [0, 0.1) is 0 Å². The summed E-state index contributed by atoms with van der Waals surface area (Å²) in [6.07, 6.45) is 2.99. The molecule has 0 bridgehead atoms. The van der Waals surface area contributed by atoms with Crippen molar-refractivity contribution in [2.75, 3.05) is 12.4 Å². The summed E-state index contributed by atoms with van der Waals surface area (Å²) < 4.78 is 0. The lowest BCUT2D eigenvalue weighted by molar-refractivity contribution is 1.06. The standard InChI is InChI=1S/C10H10N4/c1-11-9-4-2-8(3-5-9)10-13-6-12-7-14-10/h2-7,11H,1H3. The lowest BCUT2D eigenvalue weighted by atomic mass is 10.2. The van der Waals surface area contributed by atoms with Crippen LogP contribution in [0.4, 0.5) is 5.69 Å². The first-order chi connectivity index (χ1) is 6.90. The molecule has 1 aromatic heterocycles. The molecule has 0 aliphatic heterocycles. The molecule has 0 spiro atoms. The van der Waals surface area contributed by atoms with Gasteiger partial charge in [-0.2, -0.15) is 0 Å². The largest absolute Gasteiger partial charge is 0.388 e. The minimum Gasteiger partial charge on any atom is -0.388 e. The molecule has 70 valence electrons. The molecule has 0 amide bonds. The molecule has 0 saturated carbocycles. The van der Waals surface area contributed by atoms with Crippen molar-refractivity contribution in [3.63, 3.8) is 0 Å². The summed E-state index contributed by atoms with van der Waals surface area (Å²) in [5, 5.41) is 3.05. The van der Waals surface area contributed by atoms with E-state index in [0.717, 1.165) is 11.3 Å². The molecule has 0 aliphatic rings. The van der Waals surface area contributed by atoms with Crippen LogP contribution in [0.15, 0.2) is 36.9 Å². The van der Waals surface area contributed by atoms with Gasteiger partial charge in [-0.15, -0.1) is 0 Å². The molecule has 0 atom stereocenters. The number of anilines is 1. The van der Waals surface area contributed by atoms with Crippen LogP contribution >= 0.6 is 0 Å². The van der Waals surface area contributed by atoms with Crippen LogP contribution in [0.3, 0.4) is 0 Å². The van der Waals surface area contributed by atoms with Crippen molar-refractivity contribution < 1.29 is 0 Å². The predicted molar refractivity (Wildman–Crippen MR) is 54.8 cm³/mol. The van der Waals surface area contributed by atoms with E-state index in [-0.39, 0.29) is 0 Å². The molecule has 2 aromatic rings. The minimum atomic E-state index is 0.697. The quantitative estimate of drug-likeness (QED) is 0.773. The number of nitrogens with zero attached hydrogens (tertiary/aromatic N) is 3. The first-order valence-corrected chi connectivity index (χ1v) is 4.30. The van der Waals surface area contributed by atoms with E-state index in [0.29, 0.717) is 5.82 Å². The second-order valence-corrected chi connectivity index (χ2v) is 2.79. The van der Waals surface area contributed by atoms with Crippen molar-refractivity contribution in [1.82, 2.24) is 15.0 Å². The Hall–Kier alpha value is -1.97. The summed E-state index contributed by atoms with van der Waals surface area (Å²) in [7, 11) is 1.89. The van der Waals surface area contributed by atoms with Crippen LogP contribution in [0.2, 0.25) is 0 Å². The molecule has 14 heavy (non-hydrogen) atoms. The number of rotatable bonds is 2. The first kappa shape index (κ1) is 8.62. The number of hydrogen-bond acceptors (Lipinski definition) is 4. The summed E-state index contributed by atoms with van der Waals surface area (Å²) in [5.74, 6) is 0.697. The number of nitrogens with one attached hydrogen (secondary N) is 1. The van der Waals surface area contributed by atoms with Crippen molar-refractivity contribution in [2.45, 2.75) is 0 Å². The highest BCUT2D eigenvalue weighted by molar-refractivity contribution is 5.58. The molecular weight excluding hydrogens is 176 g/mol. The fourth-order valence-electron chi connectivity index (χ4n) is 1.17. The van der Waals surface area contributed by atoms with E-state index in [1.54, 1.807) is 0 Å². The van der Waals surface area contributed by atoms with E-state index >= 15 is 0 Å². The highest BCUT2D eigenvalue weighted by Gasteiger charge is 1.98. The summed E-state index contributed by atoms with van der Waals surface area (Å²) in [6.45, 7) is 0. The molecule has 1 heterocycles. The Morgan fingerprint density at radius 2 is 1.64 bits per heavy atom. The van der Waals surface area contributed by atoms with Gasteiger partial charge in [0, 0.05) is 18.3 Å². The first-order valence-electron chi connectivity index (χ1n) is 4.30. The summed E-state index contributed by atoms with van der Waals surface area (Å²) in [4.78, 5) is 11.9. The third kappa shape index (κ3) is 1.69. The maximum atomic E-state index is 4.06. The van der Waals surface area contributed by atoms with Crippen molar-refractivity contribution in [3.05, 3.63) is 36.9 Å². The van der Waals surface area contributed by atoms with Crippen LogP contribution in [0.1, 0.15) is 0 Å². The molecule has 0 unspecified atom stereocenters. The Morgan fingerprint density at radius 3 is 2.21 bits per heavy atom. The molecule has 0 aliphatic carbocycles. The van der Waals surface area contributed by atoms with Gasteiger partial charge in [-0.05, 0) is 24.3 Å². The Kier molecular flexibility index (Phi) is 2.36. The molecule has 4 heteroatoms. The van der Waals surface area contributed by atoms with Crippen molar-refractivity contribution in [2.24, 2.45) is 0 Å². The van der Waals surface area contributed by atoms with Gasteiger partial charge in [0.05, 0.1) is 0 Å². The van der Waals surface area contributed by atoms with Crippen LogP contribution < -0.4 is 5.32 Å². The van der Waals surface area contributed by atoms with Gasteiger partial charge in [-0.1, -0.05) is 0 Å². The van der Waals surface area contributed by atoms with Gasteiger partial charge in [0.2, 0.25) is 0 Å². The Morgan fingerprint density at radius 1 is 1.00 bits per heavy atom. The number of hydrogen-bond donors (Lipinski definition) is 1. The van der Waals surface area contributed by atoms with Gasteiger partial charge in [0.15, 0.2) is 5.82 Å². The molecule has 2 rings (SSSR count). The normalized spacial score (nSPS) is 9.79. The molecular formula is C10H10N4. The summed E-state index contributed by atoms with van der Waals surface area (Å²) in [6, 6.07) is 7.92. The van der Waals surface area contributed by atoms with Gasteiger partial charge in [-0.25, -0.2) is 15.0 Å². The van der Waals surface area contributed by atoms with Gasteiger partial charge in [0.1, 0.15) is 12.7 Å². The topological polar surface area (TPSA) is 50.7 Å². The van der Waals surface area contributed by atoms with Crippen molar-refractivity contribution in [3.8, 4) is 11.4 Å². The Labute approximate surface area is 82.1 Å². The van der Waals surface area contributed by atoms with E-state index in [9.17, 15) is 0 Å². The van der Waals surface area contributed by atoms with Crippen LogP contribution in [-0.4, -0.2) is 22.0 Å². The fraction of sp³-hybridized carbons (Fsp3) is 0.100. The van der Waals surface area contributed by atoms with E-state index < -0.39 is 0 Å². The smallest absolute Gasteiger partial charge is 0.162 e. The second-order valence-electron chi connectivity index (χ2n) is 2.79. The van der Waals surface area contributed by atoms with Gasteiger partial charge < -0.3 is 5.32 Å². The van der Waals surface area contributed by atoms with E-state index in [2.05, 4.69) is 20.3 Å². The monoisotopic (exact) mass is 186 g/mol. The highest BCUT2D eigenvalue weighted by atomic mass is 15.0. The molecule has 0 saturated heterocycles. The number of aromatic nitrogens is 3. The SMILES string of the molecule is CNc1ccc(-c2ncncn2)cc1. The van der Waals surface area contributed by atoms with Crippen LogP contribution in [-0.2, 0) is 0 Å². The number of benzene rings is 1. The Balaban J connectivity index is 2.34. The van der Waals surface area contributed by atoms with Crippen LogP contribution in [0.5, 0.6) is 0 Å². The van der Waals surface area contributed by atoms with Gasteiger partial charge in [-0.3, -0.25) is 0 Å². The highest BCUT2D eigenvalue weighted by Crippen LogP contribution is 2.16. The fourth-order valence-corrected chi connectivity index (χ4v) is 1.17. The average molecular weight is 186 g/mol. The summed E-state index contributed by atoms with van der Waals surface area (Å²) in [5.41, 5.74) is 2.06. The van der Waals surface area contributed by atoms with E-state index in [1.807, 2.05) is 31.3 Å². The third-order valence-electron chi connectivity index (χ3n) is 1.93. The lowest BCUT2D eigenvalue weighted by Crippen LogP contribution is -1.90. The zero-order valence-corrected chi connectivity index (χ0v) is 7.81. The predicted octanol–water partition coefficient (Wildman–Crippen LogP) is 1.58. The third-order valence-corrected chi connectivity index (χ3v) is 1.93. The maximum absolute atomic E-state index is 4.06.